The molecule has 3 rings (SSSR count). The summed E-state index contributed by atoms with van der Waals surface area (Å²) < 4.78 is 0.956. The minimum absolute atomic E-state index is 0.0915. The SMILES string of the molecule is C/C(=N\NC(=O)/C(=C/c1ccc(N(C)C)cc1)NC(=O)c1ccccc1)c1ccc(Br)cc1. The fourth-order valence-electron chi connectivity index (χ4n) is 2.93. The number of carbonyl (C=O) groups is 2. The average Bonchev–Trinajstić information content (AvgIpc) is 2.83. The number of hydrogen-bond donors (Lipinski definition) is 2. The van der Waals surface area contributed by atoms with Gasteiger partial charge in [-0.25, -0.2) is 5.43 Å². The number of hydrogen-bond acceptors (Lipinski definition) is 4. The zero-order valence-electron chi connectivity index (χ0n) is 18.7. The fraction of sp³-hybridized carbons (Fsp3) is 0.115. The molecule has 0 fully saturated rings. The molecule has 2 amide bonds. The third-order valence-electron chi connectivity index (χ3n) is 4.84. The number of halogens is 1. The maximum Gasteiger partial charge on any atom is 0.287 e. The van der Waals surface area contributed by atoms with Gasteiger partial charge in [0.15, 0.2) is 0 Å². The summed E-state index contributed by atoms with van der Waals surface area (Å²) >= 11 is 3.40. The van der Waals surface area contributed by atoms with Crippen LogP contribution in [0.3, 0.4) is 0 Å². The number of rotatable bonds is 7. The lowest BCUT2D eigenvalue weighted by Gasteiger charge is -2.13. The minimum atomic E-state index is -0.521. The number of benzene rings is 3. The van der Waals surface area contributed by atoms with Gasteiger partial charge in [0, 0.05) is 29.8 Å². The Bertz CT molecular complexity index is 1170. The predicted octanol–water partition coefficient (Wildman–Crippen LogP) is 4.83. The lowest BCUT2D eigenvalue weighted by Crippen LogP contribution is -2.33. The maximum absolute atomic E-state index is 13.0. The number of amides is 2. The van der Waals surface area contributed by atoms with Gasteiger partial charge >= 0.3 is 0 Å². The van der Waals surface area contributed by atoms with Crippen LogP contribution in [0.1, 0.15) is 28.4 Å². The molecule has 0 heterocycles. The standard InChI is InChI=1S/C26H25BrN4O2/c1-18(20-11-13-22(27)14-12-20)29-30-26(33)24(28-25(32)21-7-5-4-6-8-21)17-19-9-15-23(16-10-19)31(2)3/h4-17H,1-3H3,(H,28,32)(H,30,33)/b24-17-,29-18+. The number of anilines is 1. The summed E-state index contributed by atoms with van der Waals surface area (Å²) in [6.45, 7) is 1.80. The van der Waals surface area contributed by atoms with E-state index in [4.69, 9.17) is 0 Å². The van der Waals surface area contributed by atoms with Gasteiger partial charge in [-0.2, -0.15) is 5.10 Å². The molecule has 2 N–H and O–H groups in total. The van der Waals surface area contributed by atoms with Gasteiger partial charge in [-0.05, 0) is 60.5 Å². The molecule has 3 aromatic rings. The molecule has 0 atom stereocenters. The highest BCUT2D eigenvalue weighted by Crippen LogP contribution is 2.15. The molecule has 33 heavy (non-hydrogen) atoms. The molecule has 3 aromatic carbocycles. The highest BCUT2D eigenvalue weighted by molar-refractivity contribution is 9.10. The first-order valence-corrected chi connectivity index (χ1v) is 11.1. The number of nitrogens with one attached hydrogen (secondary N) is 2. The van der Waals surface area contributed by atoms with E-state index in [9.17, 15) is 9.59 Å². The smallest absolute Gasteiger partial charge is 0.287 e. The molecule has 0 aliphatic heterocycles. The largest absolute Gasteiger partial charge is 0.378 e. The molecule has 0 aromatic heterocycles. The summed E-state index contributed by atoms with van der Waals surface area (Å²) in [6, 6.07) is 24.0. The van der Waals surface area contributed by atoms with Gasteiger partial charge in [0.2, 0.25) is 0 Å². The van der Waals surface area contributed by atoms with Crippen LogP contribution in [-0.4, -0.2) is 31.6 Å². The summed E-state index contributed by atoms with van der Waals surface area (Å²) in [6.07, 6.45) is 1.63. The summed E-state index contributed by atoms with van der Waals surface area (Å²) in [5.74, 6) is -0.900. The topological polar surface area (TPSA) is 73.8 Å². The van der Waals surface area contributed by atoms with Crippen LogP contribution in [0.15, 0.2) is 94.1 Å². The molecule has 0 saturated carbocycles. The van der Waals surface area contributed by atoms with E-state index in [2.05, 4.69) is 31.8 Å². The summed E-state index contributed by atoms with van der Waals surface area (Å²) in [5.41, 5.74) is 6.40. The Hall–Kier alpha value is -3.71. The van der Waals surface area contributed by atoms with E-state index >= 15 is 0 Å². The predicted molar refractivity (Wildman–Crippen MR) is 137 cm³/mol. The van der Waals surface area contributed by atoms with Crippen LogP contribution in [0.5, 0.6) is 0 Å². The first-order chi connectivity index (χ1) is 15.8. The second-order valence-electron chi connectivity index (χ2n) is 7.51. The summed E-state index contributed by atoms with van der Waals surface area (Å²) in [7, 11) is 3.91. The van der Waals surface area contributed by atoms with E-state index in [1.165, 1.54) is 0 Å². The fourth-order valence-corrected chi connectivity index (χ4v) is 3.19. The first kappa shape index (κ1) is 23.9. The number of nitrogens with zero attached hydrogens (tertiary/aromatic N) is 2. The lowest BCUT2D eigenvalue weighted by molar-refractivity contribution is -0.117. The van der Waals surface area contributed by atoms with Gasteiger partial charge in [-0.15, -0.1) is 0 Å². The Labute approximate surface area is 202 Å². The maximum atomic E-state index is 13.0. The average molecular weight is 505 g/mol. The van der Waals surface area contributed by atoms with Crippen molar-refractivity contribution in [3.63, 3.8) is 0 Å². The van der Waals surface area contributed by atoms with Crippen LogP contribution >= 0.6 is 15.9 Å². The first-order valence-electron chi connectivity index (χ1n) is 10.3. The minimum Gasteiger partial charge on any atom is -0.378 e. The second-order valence-corrected chi connectivity index (χ2v) is 8.42. The quantitative estimate of drug-likeness (QED) is 0.275. The van der Waals surface area contributed by atoms with E-state index in [1.54, 1.807) is 37.3 Å². The Morgan fingerprint density at radius 1 is 0.879 bits per heavy atom. The lowest BCUT2D eigenvalue weighted by atomic mass is 10.1. The molecule has 7 heteroatoms. The van der Waals surface area contributed by atoms with Crippen LogP contribution in [0.25, 0.3) is 6.08 Å². The Balaban J connectivity index is 1.84. The summed E-state index contributed by atoms with van der Waals surface area (Å²) in [4.78, 5) is 27.7. The van der Waals surface area contributed by atoms with Crippen molar-refractivity contribution in [1.29, 1.82) is 0 Å². The zero-order chi connectivity index (χ0) is 23.8. The van der Waals surface area contributed by atoms with Crippen LogP contribution in [0.2, 0.25) is 0 Å². The molecule has 0 aliphatic rings. The Kier molecular flexibility index (Phi) is 8.16. The van der Waals surface area contributed by atoms with Gasteiger partial charge in [0.05, 0.1) is 5.71 Å². The third kappa shape index (κ3) is 6.89. The van der Waals surface area contributed by atoms with Crippen molar-refractivity contribution in [2.24, 2.45) is 5.10 Å². The molecule has 0 spiro atoms. The van der Waals surface area contributed by atoms with Crippen molar-refractivity contribution < 1.29 is 9.59 Å². The Morgan fingerprint density at radius 2 is 1.52 bits per heavy atom. The van der Waals surface area contributed by atoms with Gasteiger partial charge in [-0.3, -0.25) is 9.59 Å². The monoisotopic (exact) mass is 504 g/mol. The molecule has 0 saturated heterocycles. The van der Waals surface area contributed by atoms with E-state index in [0.29, 0.717) is 11.3 Å². The van der Waals surface area contributed by atoms with E-state index in [0.717, 1.165) is 21.3 Å². The van der Waals surface area contributed by atoms with E-state index < -0.39 is 5.91 Å². The van der Waals surface area contributed by atoms with E-state index in [1.807, 2.05) is 73.6 Å². The third-order valence-corrected chi connectivity index (χ3v) is 5.37. The molecule has 168 valence electrons. The van der Waals surface area contributed by atoms with Gasteiger partial charge < -0.3 is 10.2 Å². The Morgan fingerprint density at radius 3 is 2.12 bits per heavy atom. The molecule has 6 nitrogen and oxygen atoms in total. The van der Waals surface area contributed by atoms with Crippen molar-refractivity contribution in [2.45, 2.75) is 6.92 Å². The van der Waals surface area contributed by atoms with Crippen molar-refractivity contribution in [2.75, 3.05) is 19.0 Å². The number of hydrazone groups is 1. The second kappa shape index (κ2) is 11.2. The van der Waals surface area contributed by atoms with Crippen molar-refractivity contribution in [3.8, 4) is 0 Å². The van der Waals surface area contributed by atoms with Crippen molar-refractivity contribution >= 4 is 45.2 Å². The van der Waals surface area contributed by atoms with Crippen LogP contribution in [-0.2, 0) is 4.79 Å². The molecule has 0 radical (unpaired) electrons. The van der Waals surface area contributed by atoms with Crippen LogP contribution in [0.4, 0.5) is 5.69 Å². The number of carbonyl (C=O) groups excluding carboxylic acids is 2. The zero-order valence-corrected chi connectivity index (χ0v) is 20.3. The van der Waals surface area contributed by atoms with E-state index in [-0.39, 0.29) is 11.6 Å². The summed E-state index contributed by atoms with van der Waals surface area (Å²) in [5, 5.41) is 6.92. The molecular weight excluding hydrogens is 480 g/mol. The highest BCUT2D eigenvalue weighted by atomic mass is 79.9. The molecular formula is C26H25BrN4O2. The van der Waals surface area contributed by atoms with Gasteiger partial charge in [-0.1, -0.05) is 58.4 Å². The van der Waals surface area contributed by atoms with Crippen LogP contribution in [0, 0.1) is 0 Å². The highest BCUT2D eigenvalue weighted by Gasteiger charge is 2.14. The van der Waals surface area contributed by atoms with Gasteiger partial charge in [0.25, 0.3) is 11.8 Å². The van der Waals surface area contributed by atoms with Crippen molar-refractivity contribution in [1.82, 2.24) is 10.7 Å². The normalized spacial score (nSPS) is 11.6. The molecule has 0 unspecified atom stereocenters. The van der Waals surface area contributed by atoms with Crippen LogP contribution < -0.4 is 15.6 Å². The van der Waals surface area contributed by atoms with Crippen molar-refractivity contribution in [3.05, 3.63) is 106 Å². The molecule has 0 bridgehead atoms. The molecule has 0 aliphatic carbocycles. The van der Waals surface area contributed by atoms with Gasteiger partial charge in [0.1, 0.15) is 5.70 Å².